The van der Waals surface area contributed by atoms with Gasteiger partial charge < -0.3 is 19.3 Å². The van der Waals surface area contributed by atoms with Gasteiger partial charge in [-0.3, -0.25) is 0 Å². The second kappa shape index (κ2) is 14.3. The fourth-order valence-electron chi connectivity index (χ4n) is 4.41. The molecule has 6 heteroatoms. The molecule has 176 valence electrons. The van der Waals surface area contributed by atoms with Gasteiger partial charge in [0, 0.05) is 37.9 Å². The number of rotatable bonds is 11. The molecule has 0 radical (unpaired) electrons. The highest BCUT2D eigenvalue weighted by Gasteiger charge is 2.20. The number of carbonyl (C=O) groups is 2. The van der Waals surface area contributed by atoms with Crippen LogP contribution in [0.2, 0.25) is 0 Å². The third-order valence-corrected chi connectivity index (χ3v) is 6.52. The quantitative estimate of drug-likeness (QED) is 0.359. The molecular formula is C25H42N2O4. The van der Waals surface area contributed by atoms with Gasteiger partial charge in [-0.1, -0.05) is 25.3 Å². The van der Waals surface area contributed by atoms with Gasteiger partial charge in [0.05, 0.1) is 6.61 Å². The van der Waals surface area contributed by atoms with Crippen molar-refractivity contribution >= 4 is 11.9 Å². The zero-order valence-corrected chi connectivity index (χ0v) is 19.8. The second-order valence-corrected chi connectivity index (χ2v) is 9.18. The summed E-state index contributed by atoms with van der Waals surface area (Å²) in [5.74, 6) is 1.06. The van der Waals surface area contributed by atoms with Crippen LogP contribution in [0.3, 0.4) is 0 Å². The molecule has 0 aromatic heterocycles. The van der Waals surface area contributed by atoms with Crippen LogP contribution in [0, 0.1) is 11.8 Å². The van der Waals surface area contributed by atoms with Crippen molar-refractivity contribution in [3.05, 3.63) is 24.4 Å². The highest BCUT2D eigenvalue weighted by Crippen LogP contribution is 2.27. The molecule has 0 amide bonds. The number of esters is 2. The van der Waals surface area contributed by atoms with Crippen LogP contribution in [0.15, 0.2) is 24.4 Å². The summed E-state index contributed by atoms with van der Waals surface area (Å²) in [6.45, 7) is 8.37. The molecule has 0 aromatic carbocycles. The molecule has 2 aliphatic heterocycles. The summed E-state index contributed by atoms with van der Waals surface area (Å²) in [4.78, 5) is 27.9. The van der Waals surface area contributed by atoms with Gasteiger partial charge in [0.15, 0.2) is 0 Å². The summed E-state index contributed by atoms with van der Waals surface area (Å²) >= 11 is 0. The molecule has 0 N–H and O–H groups in total. The van der Waals surface area contributed by atoms with Crippen molar-refractivity contribution < 1.29 is 19.1 Å². The van der Waals surface area contributed by atoms with E-state index >= 15 is 0 Å². The molecule has 2 aliphatic rings. The van der Waals surface area contributed by atoms with E-state index in [1.54, 1.807) is 13.0 Å². The van der Waals surface area contributed by atoms with Gasteiger partial charge in [0.2, 0.25) is 0 Å². The number of likely N-dealkylation sites (tertiary alicyclic amines) is 2. The molecule has 0 bridgehead atoms. The van der Waals surface area contributed by atoms with Crippen molar-refractivity contribution in [1.29, 1.82) is 0 Å². The molecule has 0 spiro atoms. The van der Waals surface area contributed by atoms with Crippen LogP contribution < -0.4 is 0 Å². The van der Waals surface area contributed by atoms with Gasteiger partial charge in [-0.2, -0.15) is 0 Å². The maximum atomic E-state index is 12.0. The Bertz CT molecular complexity index is 588. The zero-order valence-electron chi connectivity index (χ0n) is 19.8. The third kappa shape index (κ3) is 10.9. The van der Waals surface area contributed by atoms with Crippen LogP contribution >= 0.6 is 0 Å². The van der Waals surface area contributed by atoms with Crippen LogP contribution in [0.5, 0.6) is 0 Å². The predicted molar refractivity (Wildman–Crippen MR) is 123 cm³/mol. The average Bonchev–Trinajstić information content (AvgIpc) is 2.75. The van der Waals surface area contributed by atoms with E-state index in [2.05, 4.69) is 16.8 Å². The molecule has 1 unspecified atom stereocenters. The summed E-state index contributed by atoms with van der Waals surface area (Å²) in [7, 11) is 2.23. The fraction of sp³-hybridized carbons (Fsp3) is 0.760. The van der Waals surface area contributed by atoms with Crippen molar-refractivity contribution in [1.82, 2.24) is 9.80 Å². The largest absolute Gasteiger partial charge is 0.462 e. The first-order valence-electron chi connectivity index (χ1n) is 12.1. The Balaban J connectivity index is 1.53. The Morgan fingerprint density at radius 3 is 2.19 bits per heavy atom. The molecule has 0 aromatic rings. The van der Waals surface area contributed by atoms with Crippen molar-refractivity contribution in [2.45, 2.75) is 71.3 Å². The van der Waals surface area contributed by atoms with Crippen molar-refractivity contribution in [2.75, 3.05) is 39.8 Å². The van der Waals surface area contributed by atoms with E-state index in [-0.39, 0.29) is 24.6 Å². The minimum atomic E-state index is -0.369. The van der Waals surface area contributed by atoms with E-state index in [1.165, 1.54) is 70.2 Å². The molecule has 0 aliphatic carbocycles. The SMILES string of the molecule is C/C=C/C(=O)OCCC(C)OC(=O)/C=C/N1CCC(CCCC2CCN(C)CC2)CC1. The van der Waals surface area contributed by atoms with Crippen LogP contribution in [0.4, 0.5) is 0 Å². The molecule has 0 saturated carbocycles. The van der Waals surface area contributed by atoms with E-state index in [0.29, 0.717) is 6.42 Å². The number of hydrogen-bond acceptors (Lipinski definition) is 6. The van der Waals surface area contributed by atoms with Gasteiger partial charge >= 0.3 is 11.9 Å². The van der Waals surface area contributed by atoms with Gasteiger partial charge in [0.1, 0.15) is 6.10 Å². The van der Waals surface area contributed by atoms with E-state index in [9.17, 15) is 9.59 Å². The first-order valence-corrected chi connectivity index (χ1v) is 12.1. The normalized spacial score (nSPS) is 20.4. The van der Waals surface area contributed by atoms with Gasteiger partial charge in [-0.25, -0.2) is 9.59 Å². The Labute approximate surface area is 188 Å². The monoisotopic (exact) mass is 434 g/mol. The first-order chi connectivity index (χ1) is 15.0. The lowest BCUT2D eigenvalue weighted by Gasteiger charge is -2.32. The Hall–Kier alpha value is -1.82. The molecular weight excluding hydrogens is 392 g/mol. The number of piperidine rings is 2. The van der Waals surface area contributed by atoms with Crippen LogP contribution in [-0.2, 0) is 19.1 Å². The maximum absolute atomic E-state index is 12.0. The average molecular weight is 435 g/mol. The van der Waals surface area contributed by atoms with Gasteiger partial charge in [-0.05, 0) is 71.5 Å². The minimum Gasteiger partial charge on any atom is -0.462 e. The van der Waals surface area contributed by atoms with E-state index in [1.807, 2.05) is 13.1 Å². The summed E-state index contributed by atoms with van der Waals surface area (Å²) < 4.78 is 10.4. The topological polar surface area (TPSA) is 59.1 Å². The van der Waals surface area contributed by atoms with Crippen LogP contribution in [0.1, 0.15) is 65.2 Å². The Kier molecular flexibility index (Phi) is 11.7. The number of ether oxygens (including phenoxy) is 2. The third-order valence-electron chi connectivity index (χ3n) is 6.52. The smallest absolute Gasteiger partial charge is 0.332 e. The summed E-state index contributed by atoms with van der Waals surface area (Å²) in [5.41, 5.74) is 0. The Morgan fingerprint density at radius 1 is 0.968 bits per heavy atom. The van der Waals surface area contributed by atoms with Crippen molar-refractivity contribution in [2.24, 2.45) is 11.8 Å². The Morgan fingerprint density at radius 2 is 1.58 bits per heavy atom. The number of hydrogen-bond donors (Lipinski definition) is 0. The van der Waals surface area contributed by atoms with Gasteiger partial charge in [0.25, 0.3) is 0 Å². The lowest BCUT2D eigenvalue weighted by atomic mass is 9.87. The standard InChI is InChI=1S/C25H42N2O4/c1-4-6-24(28)30-20-14-21(2)31-25(29)13-19-27-17-11-23(12-18-27)8-5-7-22-9-15-26(3)16-10-22/h4,6,13,19,21-23H,5,7-12,14-18,20H2,1-3H3/b6-4+,19-13+. The molecule has 2 fully saturated rings. The van der Waals surface area contributed by atoms with Crippen LogP contribution in [-0.4, -0.2) is 67.7 Å². The highest BCUT2D eigenvalue weighted by molar-refractivity contribution is 5.82. The van der Waals surface area contributed by atoms with E-state index in [0.717, 1.165) is 24.9 Å². The molecule has 1 atom stereocenters. The van der Waals surface area contributed by atoms with E-state index < -0.39 is 0 Å². The summed E-state index contributed by atoms with van der Waals surface area (Å²) in [6.07, 6.45) is 15.9. The summed E-state index contributed by atoms with van der Waals surface area (Å²) in [6, 6.07) is 0. The van der Waals surface area contributed by atoms with E-state index in [4.69, 9.17) is 9.47 Å². The lowest BCUT2D eigenvalue weighted by molar-refractivity contribution is -0.144. The fourth-order valence-corrected chi connectivity index (χ4v) is 4.41. The lowest BCUT2D eigenvalue weighted by Crippen LogP contribution is -2.31. The minimum absolute atomic E-state index is 0.243. The maximum Gasteiger partial charge on any atom is 0.332 e. The van der Waals surface area contributed by atoms with Crippen molar-refractivity contribution in [3.8, 4) is 0 Å². The predicted octanol–water partition coefficient (Wildman–Crippen LogP) is 4.17. The van der Waals surface area contributed by atoms with Gasteiger partial charge in [-0.15, -0.1) is 0 Å². The molecule has 2 rings (SSSR count). The first kappa shape index (κ1) is 25.4. The number of nitrogens with zero attached hydrogens (tertiary/aromatic N) is 2. The molecule has 2 saturated heterocycles. The summed E-state index contributed by atoms with van der Waals surface area (Å²) in [5, 5.41) is 0. The number of allylic oxidation sites excluding steroid dienone is 1. The molecule has 2 heterocycles. The zero-order chi connectivity index (χ0) is 22.5. The number of carbonyl (C=O) groups excluding carboxylic acids is 2. The second-order valence-electron chi connectivity index (χ2n) is 9.18. The van der Waals surface area contributed by atoms with Crippen molar-refractivity contribution in [3.63, 3.8) is 0 Å². The molecule has 31 heavy (non-hydrogen) atoms. The molecule has 6 nitrogen and oxygen atoms in total. The highest BCUT2D eigenvalue weighted by atomic mass is 16.6. The van der Waals surface area contributed by atoms with Crippen LogP contribution in [0.25, 0.3) is 0 Å².